The number of pyridine rings is 1. The number of aryl methyl sites for hydroxylation is 1. The number of sulfonamides is 1. The molecule has 0 saturated heterocycles. The highest BCUT2D eigenvalue weighted by atomic mass is 32.2. The van der Waals surface area contributed by atoms with E-state index in [1.54, 1.807) is 37.4 Å². The number of hydrogen-bond donors (Lipinski definition) is 1. The highest BCUT2D eigenvalue weighted by Crippen LogP contribution is 2.23. The van der Waals surface area contributed by atoms with Gasteiger partial charge in [0.05, 0.1) is 11.4 Å². The molecule has 0 spiro atoms. The Balaban J connectivity index is 1.76. The molecule has 0 unspecified atom stereocenters. The van der Waals surface area contributed by atoms with Crippen LogP contribution in [0.4, 0.5) is 5.69 Å². The van der Waals surface area contributed by atoms with Crippen LogP contribution in [0, 0.1) is 6.92 Å². The zero-order valence-corrected chi connectivity index (χ0v) is 17.1. The lowest BCUT2D eigenvalue weighted by atomic mass is 10.2. The van der Waals surface area contributed by atoms with Gasteiger partial charge in [-0.1, -0.05) is 26.0 Å². The largest absolute Gasteiger partial charge is 0.383 e. The summed E-state index contributed by atoms with van der Waals surface area (Å²) in [7, 11) is -3.53. The zero-order chi connectivity index (χ0) is 20.3. The summed E-state index contributed by atoms with van der Waals surface area (Å²) in [6.07, 6.45) is 1.68. The molecule has 1 N–H and O–H groups in total. The molecular formula is C19H25N5O3S. The van der Waals surface area contributed by atoms with Gasteiger partial charge in [-0.2, -0.15) is 4.31 Å². The van der Waals surface area contributed by atoms with Crippen LogP contribution in [0.1, 0.15) is 19.4 Å². The van der Waals surface area contributed by atoms with Gasteiger partial charge in [0.25, 0.3) is 0 Å². The molecule has 1 aromatic carbocycles. The minimum atomic E-state index is -3.53. The van der Waals surface area contributed by atoms with Crippen LogP contribution in [0.2, 0.25) is 0 Å². The summed E-state index contributed by atoms with van der Waals surface area (Å²) >= 11 is 0. The quantitative estimate of drug-likeness (QED) is 0.621. The average molecular weight is 404 g/mol. The Bertz CT molecular complexity index is 1130. The Morgan fingerprint density at radius 2 is 1.89 bits per heavy atom. The van der Waals surface area contributed by atoms with Gasteiger partial charge in [-0.3, -0.25) is 4.40 Å². The van der Waals surface area contributed by atoms with Crippen molar-refractivity contribution in [1.82, 2.24) is 18.5 Å². The topological polar surface area (TPSA) is 88.7 Å². The van der Waals surface area contributed by atoms with E-state index in [1.807, 2.05) is 26.0 Å². The second-order valence-electron chi connectivity index (χ2n) is 6.43. The van der Waals surface area contributed by atoms with Gasteiger partial charge in [0.1, 0.15) is 0 Å². The Kier molecular flexibility index (Phi) is 5.85. The van der Waals surface area contributed by atoms with Crippen molar-refractivity contribution < 1.29 is 8.42 Å². The number of benzene rings is 1. The van der Waals surface area contributed by atoms with E-state index in [1.165, 1.54) is 13.4 Å². The number of anilines is 1. The van der Waals surface area contributed by atoms with E-state index in [-0.39, 0.29) is 5.69 Å². The van der Waals surface area contributed by atoms with Crippen LogP contribution >= 0.6 is 0 Å². The molecule has 0 aliphatic carbocycles. The third kappa shape index (κ3) is 3.81. The average Bonchev–Trinajstić information content (AvgIpc) is 3.00. The molecule has 2 heterocycles. The van der Waals surface area contributed by atoms with E-state index in [0.29, 0.717) is 48.0 Å². The van der Waals surface area contributed by atoms with Gasteiger partial charge in [-0.15, -0.1) is 5.10 Å². The van der Waals surface area contributed by atoms with Crippen LogP contribution in [0.3, 0.4) is 0 Å². The minimum absolute atomic E-state index is 0.203. The molecular weight excluding hydrogens is 378 g/mol. The molecule has 9 heteroatoms. The number of hydrogen-bond acceptors (Lipinski definition) is 5. The van der Waals surface area contributed by atoms with Crippen molar-refractivity contribution in [3.8, 4) is 0 Å². The molecule has 8 nitrogen and oxygen atoms in total. The van der Waals surface area contributed by atoms with Gasteiger partial charge < -0.3 is 5.32 Å². The standard InChI is InChI=1S/C19H25N5O3S/c1-4-22(5-2)28(26,27)17-14-16(10-9-15(17)3)20-11-13-24-19(25)23-12-7-6-8-18(23)21-24/h6-10,12,14,20H,4-5,11,13H2,1-3H3. The molecule has 0 fully saturated rings. The van der Waals surface area contributed by atoms with Crippen molar-refractivity contribution in [1.29, 1.82) is 0 Å². The molecule has 0 aliphatic heterocycles. The number of nitrogens with zero attached hydrogens (tertiary/aromatic N) is 4. The maximum absolute atomic E-state index is 12.8. The molecule has 0 saturated carbocycles. The molecule has 28 heavy (non-hydrogen) atoms. The van der Waals surface area contributed by atoms with Crippen molar-refractivity contribution in [2.45, 2.75) is 32.2 Å². The number of aromatic nitrogens is 3. The maximum Gasteiger partial charge on any atom is 0.350 e. The second-order valence-corrected chi connectivity index (χ2v) is 8.34. The van der Waals surface area contributed by atoms with Gasteiger partial charge >= 0.3 is 5.69 Å². The summed E-state index contributed by atoms with van der Waals surface area (Å²) in [5.74, 6) is 0. The van der Waals surface area contributed by atoms with Crippen molar-refractivity contribution in [3.63, 3.8) is 0 Å². The molecule has 0 amide bonds. The molecule has 0 bridgehead atoms. The molecule has 2 aromatic heterocycles. The highest BCUT2D eigenvalue weighted by Gasteiger charge is 2.23. The number of rotatable bonds is 8. The Morgan fingerprint density at radius 1 is 1.14 bits per heavy atom. The van der Waals surface area contributed by atoms with Gasteiger partial charge in [-0.05, 0) is 36.8 Å². The van der Waals surface area contributed by atoms with Gasteiger partial charge in [0.2, 0.25) is 10.0 Å². The van der Waals surface area contributed by atoms with Crippen LogP contribution < -0.4 is 11.0 Å². The lowest BCUT2D eigenvalue weighted by Gasteiger charge is -2.20. The van der Waals surface area contributed by atoms with Crippen LogP contribution in [0.5, 0.6) is 0 Å². The molecule has 0 atom stereocenters. The van der Waals surface area contributed by atoms with Gasteiger partial charge in [0, 0.05) is 31.5 Å². The summed E-state index contributed by atoms with van der Waals surface area (Å²) in [4.78, 5) is 12.6. The third-order valence-corrected chi connectivity index (χ3v) is 6.84. The van der Waals surface area contributed by atoms with Crippen LogP contribution in [-0.4, -0.2) is 46.5 Å². The van der Waals surface area contributed by atoms with Crippen LogP contribution in [-0.2, 0) is 16.6 Å². The molecule has 3 rings (SSSR count). The van der Waals surface area contributed by atoms with Crippen molar-refractivity contribution in [3.05, 3.63) is 58.6 Å². The minimum Gasteiger partial charge on any atom is -0.383 e. The number of fused-ring (bicyclic) bond motifs is 1. The predicted octanol–water partition coefficient (Wildman–Crippen LogP) is 1.95. The van der Waals surface area contributed by atoms with E-state index in [0.717, 1.165) is 0 Å². The Hall–Kier alpha value is -2.65. The molecule has 150 valence electrons. The lowest BCUT2D eigenvalue weighted by Crippen LogP contribution is -2.31. The van der Waals surface area contributed by atoms with Crippen LogP contribution in [0.15, 0.2) is 52.3 Å². The summed E-state index contributed by atoms with van der Waals surface area (Å²) in [5, 5.41) is 7.47. The SMILES string of the molecule is CCN(CC)S(=O)(=O)c1cc(NCCn2nc3ccccn3c2=O)ccc1C. The Morgan fingerprint density at radius 3 is 2.57 bits per heavy atom. The predicted molar refractivity (Wildman–Crippen MR) is 109 cm³/mol. The summed E-state index contributed by atoms with van der Waals surface area (Å²) in [6.45, 7) is 7.09. The molecule has 0 radical (unpaired) electrons. The fraction of sp³-hybridized carbons (Fsp3) is 0.368. The third-order valence-electron chi connectivity index (χ3n) is 4.65. The summed E-state index contributed by atoms with van der Waals surface area (Å²) in [6, 6.07) is 10.7. The van der Waals surface area contributed by atoms with Crippen molar-refractivity contribution in [2.75, 3.05) is 25.0 Å². The first kappa shape index (κ1) is 20.1. The second kappa shape index (κ2) is 8.15. The first-order valence-corrected chi connectivity index (χ1v) is 10.7. The fourth-order valence-electron chi connectivity index (χ4n) is 3.11. The highest BCUT2D eigenvalue weighted by molar-refractivity contribution is 7.89. The van der Waals surface area contributed by atoms with E-state index < -0.39 is 10.0 Å². The van der Waals surface area contributed by atoms with Crippen molar-refractivity contribution in [2.24, 2.45) is 0 Å². The maximum atomic E-state index is 12.8. The van der Waals surface area contributed by atoms with E-state index in [9.17, 15) is 13.2 Å². The van der Waals surface area contributed by atoms with Gasteiger partial charge in [-0.25, -0.2) is 17.9 Å². The lowest BCUT2D eigenvalue weighted by molar-refractivity contribution is 0.445. The van der Waals surface area contributed by atoms with E-state index in [2.05, 4.69) is 10.4 Å². The molecule has 0 aliphatic rings. The fourth-order valence-corrected chi connectivity index (χ4v) is 4.82. The number of nitrogens with one attached hydrogen (secondary N) is 1. The first-order chi connectivity index (χ1) is 13.4. The van der Waals surface area contributed by atoms with E-state index in [4.69, 9.17) is 0 Å². The van der Waals surface area contributed by atoms with Crippen molar-refractivity contribution >= 4 is 21.4 Å². The normalized spacial score (nSPS) is 12.0. The summed E-state index contributed by atoms with van der Waals surface area (Å²) in [5.41, 5.74) is 1.78. The smallest absolute Gasteiger partial charge is 0.350 e. The Labute approximate surface area is 164 Å². The van der Waals surface area contributed by atoms with Crippen LogP contribution in [0.25, 0.3) is 5.65 Å². The first-order valence-electron chi connectivity index (χ1n) is 9.27. The monoisotopic (exact) mass is 403 g/mol. The zero-order valence-electron chi connectivity index (χ0n) is 16.3. The molecule has 3 aromatic rings. The van der Waals surface area contributed by atoms with E-state index >= 15 is 0 Å². The summed E-state index contributed by atoms with van der Waals surface area (Å²) < 4.78 is 30.0. The van der Waals surface area contributed by atoms with Gasteiger partial charge in [0.15, 0.2) is 5.65 Å².